The minimum absolute atomic E-state index is 0.369. The van der Waals surface area contributed by atoms with Crippen molar-refractivity contribution in [1.82, 2.24) is 0 Å². The zero-order valence-corrected chi connectivity index (χ0v) is 11.2. The number of ether oxygens (including phenoxy) is 1. The Kier molecular flexibility index (Phi) is 3.29. The van der Waals surface area contributed by atoms with E-state index in [1.807, 2.05) is 29.6 Å². The highest BCUT2D eigenvalue weighted by molar-refractivity contribution is 7.10. The van der Waals surface area contributed by atoms with Gasteiger partial charge >= 0.3 is 0 Å². The molecular formula is C14H13ClO2S. The third-order valence-corrected chi connectivity index (χ3v) is 4.19. The molecule has 0 amide bonds. The molecule has 1 atom stereocenters. The zero-order valence-electron chi connectivity index (χ0n) is 9.67. The molecule has 1 N–H and O–H groups in total. The molecule has 1 unspecified atom stereocenters. The molecule has 3 rings (SSSR count). The first kappa shape index (κ1) is 12.0. The predicted molar refractivity (Wildman–Crippen MR) is 73.5 cm³/mol. The molecule has 4 heteroatoms. The van der Waals surface area contributed by atoms with Crippen molar-refractivity contribution in [2.75, 3.05) is 0 Å². The Labute approximate surface area is 115 Å². The average molecular weight is 281 g/mol. The number of aliphatic hydroxyl groups excluding tert-OH is 1. The van der Waals surface area contributed by atoms with E-state index in [1.165, 1.54) is 11.3 Å². The van der Waals surface area contributed by atoms with Gasteiger partial charge in [0.2, 0.25) is 0 Å². The lowest BCUT2D eigenvalue weighted by atomic mass is 10.1. The summed E-state index contributed by atoms with van der Waals surface area (Å²) in [6.07, 6.45) is 2.00. The Morgan fingerprint density at radius 2 is 2.17 bits per heavy atom. The van der Waals surface area contributed by atoms with E-state index in [1.54, 1.807) is 6.07 Å². The number of halogens is 1. The maximum Gasteiger partial charge on any atom is 0.120 e. The van der Waals surface area contributed by atoms with Gasteiger partial charge in [0.05, 0.1) is 11.1 Å². The lowest BCUT2D eigenvalue weighted by Gasteiger charge is -2.11. The van der Waals surface area contributed by atoms with Crippen molar-refractivity contribution in [3.05, 3.63) is 51.2 Å². The minimum atomic E-state index is -0.634. The molecule has 0 radical (unpaired) electrons. The molecule has 1 fully saturated rings. The van der Waals surface area contributed by atoms with Crippen molar-refractivity contribution < 1.29 is 9.84 Å². The first-order valence-electron chi connectivity index (χ1n) is 5.91. The second kappa shape index (κ2) is 4.92. The van der Waals surface area contributed by atoms with E-state index in [-0.39, 0.29) is 0 Å². The van der Waals surface area contributed by atoms with E-state index in [2.05, 4.69) is 0 Å². The monoisotopic (exact) mass is 280 g/mol. The second-order valence-corrected chi connectivity index (χ2v) is 5.84. The average Bonchev–Trinajstić information content (AvgIpc) is 3.08. The molecule has 1 aromatic carbocycles. The van der Waals surface area contributed by atoms with Crippen molar-refractivity contribution in [2.24, 2.45) is 0 Å². The number of benzene rings is 1. The van der Waals surface area contributed by atoms with Crippen LogP contribution in [0.5, 0.6) is 5.75 Å². The van der Waals surface area contributed by atoms with Gasteiger partial charge < -0.3 is 9.84 Å². The van der Waals surface area contributed by atoms with Gasteiger partial charge in [-0.2, -0.15) is 0 Å². The first-order valence-corrected chi connectivity index (χ1v) is 7.17. The van der Waals surface area contributed by atoms with Crippen molar-refractivity contribution in [2.45, 2.75) is 25.0 Å². The van der Waals surface area contributed by atoms with Crippen molar-refractivity contribution in [1.29, 1.82) is 0 Å². The molecule has 0 spiro atoms. The van der Waals surface area contributed by atoms with E-state index in [0.717, 1.165) is 29.0 Å². The molecule has 18 heavy (non-hydrogen) atoms. The summed E-state index contributed by atoms with van der Waals surface area (Å²) in [6, 6.07) is 9.43. The van der Waals surface area contributed by atoms with E-state index in [9.17, 15) is 5.11 Å². The molecular weight excluding hydrogens is 268 g/mol. The number of hydrogen-bond acceptors (Lipinski definition) is 3. The fourth-order valence-electron chi connectivity index (χ4n) is 1.77. The second-order valence-electron chi connectivity index (χ2n) is 4.46. The molecule has 2 nitrogen and oxygen atoms in total. The van der Waals surface area contributed by atoms with Gasteiger partial charge in [0.1, 0.15) is 11.9 Å². The minimum Gasteiger partial charge on any atom is -0.490 e. The van der Waals surface area contributed by atoms with Crippen LogP contribution in [0.3, 0.4) is 0 Å². The van der Waals surface area contributed by atoms with Crippen LogP contribution in [0, 0.1) is 0 Å². The van der Waals surface area contributed by atoms with E-state index < -0.39 is 6.10 Å². The zero-order chi connectivity index (χ0) is 12.5. The van der Waals surface area contributed by atoms with Gasteiger partial charge in [-0.15, -0.1) is 11.3 Å². The van der Waals surface area contributed by atoms with Gasteiger partial charge in [0, 0.05) is 10.3 Å². The Hall–Kier alpha value is -1.03. The third-order valence-electron chi connectivity index (χ3n) is 2.86. The quantitative estimate of drug-likeness (QED) is 0.916. The Bertz CT molecular complexity index is 548. The number of hydrogen-bond donors (Lipinski definition) is 1. The van der Waals surface area contributed by atoms with Gasteiger partial charge in [-0.3, -0.25) is 0 Å². The third kappa shape index (κ3) is 2.69. The van der Waals surface area contributed by atoms with Crippen molar-refractivity contribution in [3.8, 4) is 5.75 Å². The number of rotatable bonds is 4. The summed E-state index contributed by atoms with van der Waals surface area (Å²) in [4.78, 5) is 0.851. The van der Waals surface area contributed by atoms with Crippen LogP contribution < -0.4 is 4.74 Å². The van der Waals surface area contributed by atoms with Gasteiger partial charge in [0.15, 0.2) is 0 Å². The normalized spacial score (nSPS) is 16.6. The molecule has 0 bridgehead atoms. The SMILES string of the molecule is OC(c1cccc(OC2CC2)c1)c1cc(Cl)cs1. The molecule has 1 aliphatic rings. The van der Waals surface area contributed by atoms with Crippen molar-refractivity contribution in [3.63, 3.8) is 0 Å². The maximum absolute atomic E-state index is 10.3. The Balaban J connectivity index is 1.81. The molecule has 1 saturated carbocycles. The summed E-state index contributed by atoms with van der Waals surface area (Å²) in [7, 11) is 0. The van der Waals surface area contributed by atoms with E-state index in [0.29, 0.717) is 11.1 Å². The number of aliphatic hydroxyl groups is 1. The van der Waals surface area contributed by atoms with Crippen LogP contribution >= 0.6 is 22.9 Å². The Morgan fingerprint density at radius 3 is 2.83 bits per heavy atom. The van der Waals surface area contributed by atoms with Crippen LogP contribution in [-0.4, -0.2) is 11.2 Å². The first-order chi connectivity index (χ1) is 8.72. The van der Waals surface area contributed by atoms with Crippen molar-refractivity contribution >= 4 is 22.9 Å². The molecule has 1 heterocycles. The molecule has 94 valence electrons. The van der Waals surface area contributed by atoms with Gasteiger partial charge in [-0.1, -0.05) is 23.7 Å². The summed E-state index contributed by atoms with van der Waals surface area (Å²) in [5.41, 5.74) is 0.840. The largest absolute Gasteiger partial charge is 0.490 e. The summed E-state index contributed by atoms with van der Waals surface area (Å²) >= 11 is 7.34. The molecule has 1 aromatic heterocycles. The highest BCUT2D eigenvalue weighted by Gasteiger charge is 2.23. The highest BCUT2D eigenvalue weighted by Crippen LogP contribution is 2.32. The summed E-state index contributed by atoms with van der Waals surface area (Å²) in [6.45, 7) is 0. The smallest absolute Gasteiger partial charge is 0.120 e. The number of thiophene rings is 1. The summed E-state index contributed by atoms with van der Waals surface area (Å²) in [5.74, 6) is 0.830. The van der Waals surface area contributed by atoms with Crippen LogP contribution in [0.4, 0.5) is 0 Å². The van der Waals surface area contributed by atoms with Crippen LogP contribution in [0.1, 0.15) is 29.4 Å². The van der Waals surface area contributed by atoms with Crippen LogP contribution in [0.15, 0.2) is 35.7 Å². The molecule has 0 aliphatic heterocycles. The van der Waals surface area contributed by atoms with Crippen LogP contribution in [-0.2, 0) is 0 Å². The van der Waals surface area contributed by atoms with E-state index in [4.69, 9.17) is 16.3 Å². The van der Waals surface area contributed by atoms with Gasteiger partial charge in [0.25, 0.3) is 0 Å². The molecule has 1 aliphatic carbocycles. The topological polar surface area (TPSA) is 29.5 Å². The molecule has 0 saturated heterocycles. The maximum atomic E-state index is 10.3. The van der Waals surface area contributed by atoms with Crippen LogP contribution in [0.25, 0.3) is 0 Å². The lowest BCUT2D eigenvalue weighted by Crippen LogP contribution is -2.00. The van der Waals surface area contributed by atoms with Gasteiger partial charge in [-0.25, -0.2) is 0 Å². The molecule has 2 aromatic rings. The predicted octanol–water partition coefficient (Wildman–Crippen LogP) is 4.02. The summed E-state index contributed by atoms with van der Waals surface area (Å²) in [5, 5.41) is 12.8. The fourth-order valence-corrected chi connectivity index (χ4v) is 2.86. The highest BCUT2D eigenvalue weighted by atomic mass is 35.5. The summed E-state index contributed by atoms with van der Waals surface area (Å²) < 4.78 is 5.72. The lowest BCUT2D eigenvalue weighted by molar-refractivity contribution is 0.223. The van der Waals surface area contributed by atoms with Crippen LogP contribution in [0.2, 0.25) is 5.02 Å². The standard InChI is InChI=1S/C14H13ClO2S/c15-10-7-13(18-8-10)14(16)9-2-1-3-12(6-9)17-11-4-5-11/h1-3,6-8,11,14,16H,4-5H2. The Morgan fingerprint density at radius 1 is 1.33 bits per heavy atom. The van der Waals surface area contributed by atoms with E-state index >= 15 is 0 Å². The fraction of sp³-hybridized carbons (Fsp3) is 0.286. The van der Waals surface area contributed by atoms with Gasteiger partial charge in [-0.05, 0) is 36.6 Å².